The van der Waals surface area contributed by atoms with Crippen molar-refractivity contribution in [1.29, 1.82) is 0 Å². The molecule has 11 heteroatoms. The second-order valence-electron chi connectivity index (χ2n) is 9.75. The summed E-state index contributed by atoms with van der Waals surface area (Å²) in [7, 11) is -1.88. The van der Waals surface area contributed by atoms with Crippen LogP contribution in [0, 0.1) is 17.8 Å². The molecule has 0 radical (unpaired) electrons. The minimum absolute atomic E-state index is 0.250. The Morgan fingerprint density at radius 2 is 1.58 bits per heavy atom. The maximum absolute atomic E-state index is 13.3. The first-order valence-corrected chi connectivity index (χ1v) is 14.9. The summed E-state index contributed by atoms with van der Waals surface area (Å²) < 4.78 is 37.0. The molecule has 0 aliphatic rings. The van der Waals surface area contributed by atoms with Gasteiger partial charge in [0.1, 0.15) is 24.5 Å². The number of nitrogens with zero attached hydrogens (tertiary/aromatic N) is 1. The molecule has 0 aromatic rings. The van der Waals surface area contributed by atoms with Crippen LogP contribution in [0.1, 0.15) is 88.5 Å². The number of amides is 2. The fourth-order valence-corrected chi connectivity index (χ4v) is 4.05. The van der Waals surface area contributed by atoms with Crippen molar-refractivity contribution in [2.24, 2.45) is 17.8 Å². The van der Waals surface area contributed by atoms with Crippen molar-refractivity contribution < 1.29 is 31.5 Å². The zero-order valence-corrected chi connectivity index (χ0v) is 26.5. The van der Waals surface area contributed by atoms with Crippen molar-refractivity contribution in [2.75, 3.05) is 14.1 Å². The highest BCUT2D eigenvalue weighted by molar-refractivity contribution is 7.80. The van der Waals surface area contributed by atoms with Crippen LogP contribution in [0.3, 0.4) is 0 Å². The van der Waals surface area contributed by atoms with Crippen molar-refractivity contribution >= 4 is 28.5 Å². The fraction of sp³-hybridized carbons (Fsp3) is 0.815. The second-order valence-corrected chi connectivity index (χ2v) is 10.8. The van der Waals surface area contributed by atoms with E-state index in [-0.39, 0.29) is 17.7 Å². The van der Waals surface area contributed by atoms with Gasteiger partial charge in [-0.15, -0.1) is 0 Å². The number of hydrogen-bond donors (Lipinski definition) is 3. The van der Waals surface area contributed by atoms with Crippen molar-refractivity contribution in [3.05, 3.63) is 12.2 Å². The number of nitrogens with one attached hydrogen (secondary N) is 2. The minimum atomic E-state index is -4.89. The first kappa shape index (κ1) is 40.7. The smallest absolute Gasteiger partial charge is 0.343 e. The molecule has 0 spiro atoms. The highest BCUT2D eigenvalue weighted by atomic mass is 32.3. The summed E-state index contributed by atoms with van der Waals surface area (Å²) in [6.07, 6.45) is 4.78. The van der Waals surface area contributed by atoms with E-state index in [0.717, 1.165) is 4.90 Å². The van der Waals surface area contributed by atoms with Gasteiger partial charge in [-0.05, 0) is 44.6 Å². The molecule has 3 N–H and O–H groups in total. The van der Waals surface area contributed by atoms with Gasteiger partial charge in [0.25, 0.3) is 0 Å². The molecule has 2 amide bonds. The third kappa shape index (κ3) is 16.9. The molecule has 0 saturated carbocycles. The average molecular weight is 566 g/mol. The lowest BCUT2D eigenvalue weighted by Gasteiger charge is -2.36. The van der Waals surface area contributed by atoms with Crippen molar-refractivity contribution in [1.82, 2.24) is 15.5 Å². The van der Waals surface area contributed by atoms with Gasteiger partial charge in [-0.25, -0.2) is 4.18 Å². The molecular weight excluding hydrogens is 510 g/mol. The largest absolute Gasteiger partial charge is 0.397 e. The fourth-order valence-electron chi connectivity index (χ4n) is 3.46. The van der Waals surface area contributed by atoms with Crippen molar-refractivity contribution in [3.8, 4) is 0 Å². The molecular formula is C27H55N3O7S. The summed E-state index contributed by atoms with van der Waals surface area (Å²) in [5, 5.41) is 5.70. The Balaban J connectivity index is -0.00000227. The van der Waals surface area contributed by atoms with Gasteiger partial charge >= 0.3 is 10.4 Å². The van der Waals surface area contributed by atoms with Crippen LogP contribution < -0.4 is 10.6 Å². The van der Waals surface area contributed by atoms with Crippen molar-refractivity contribution in [3.63, 3.8) is 0 Å². The number of aldehydes is 1. The van der Waals surface area contributed by atoms with Crippen LogP contribution in [-0.4, -0.2) is 74.3 Å². The molecule has 0 bridgehead atoms. The molecule has 0 heterocycles. The Morgan fingerprint density at radius 1 is 1.08 bits per heavy atom. The van der Waals surface area contributed by atoms with E-state index >= 15 is 0 Å². The highest BCUT2D eigenvalue weighted by Gasteiger charge is 2.39. The normalized spacial score (nSPS) is 15.3. The van der Waals surface area contributed by atoms with E-state index in [0.29, 0.717) is 19.1 Å². The minimum Gasteiger partial charge on any atom is -0.343 e. The number of hydrogen-bond acceptors (Lipinski definition) is 7. The Morgan fingerprint density at radius 3 is 1.92 bits per heavy atom. The lowest BCUT2D eigenvalue weighted by atomic mass is 9.93. The molecule has 0 rings (SSSR count). The van der Waals surface area contributed by atoms with E-state index in [1.165, 1.54) is 13.5 Å². The number of carbonyl (C=O) groups excluding carboxylic acids is 3. The first-order valence-electron chi connectivity index (χ1n) is 13.6. The van der Waals surface area contributed by atoms with Gasteiger partial charge in [0.2, 0.25) is 11.8 Å². The maximum Gasteiger partial charge on any atom is 0.397 e. The van der Waals surface area contributed by atoms with E-state index < -0.39 is 46.5 Å². The van der Waals surface area contributed by atoms with Crippen LogP contribution in [-0.2, 0) is 29.0 Å². The van der Waals surface area contributed by atoms with Crippen LogP contribution in [0.4, 0.5) is 0 Å². The number of likely N-dealkylation sites (N-methyl/N-ethyl adjacent to an activating group) is 2. The van der Waals surface area contributed by atoms with Crippen LogP contribution in [0.5, 0.6) is 0 Å². The molecule has 0 aromatic heterocycles. The van der Waals surface area contributed by atoms with E-state index in [2.05, 4.69) is 24.5 Å². The van der Waals surface area contributed by atoms with Gasteiger partial charge in [0.05, 0.1) is 6.04 Å². The predicted molar refractivity (Wildman–Crippen MR) is 154 cm³/mol. The first-order chi connectivity index (χ1) is 17.6. The zero-order valence-electron chi connectivity index (χ0n) is 25.6. The lowest BCUT2D eigenvalue weighted by Crippen LogP contribution is -2.58. The standard InChI is InChI=1S/C22H41N3O7S.C3H8.C2H6/c1-9-10-11-16(6)20(32-33(29,30)31)18(13-26)25(8)22(28)19(15(4)5)24-21(27)17(23-7)12-14(2)3;1-3-2;1-2/h9-10,13-20,23H,11-12H2,1-8H3,(H,24,27)(H,29,30,31);3H2,1-2H3;1-2H3/b10-9+;;/t16-,17+,18?,19+,20-;;/m1../s1. The van der Waals surface area contributed by atoms with E-state index in [1.54, 1.807) is 46.9 Å². The van der Waals surface area contributed by atoms with Crippen LogP contribution in [0.2, 0.25) is 0 Å². The molecule has 0 aromatic carbocycles. The third-order valence-corrected chi connectivity index (χ3v) is 5.88. The quantitative estimate of drug-likeness (QED) is 0.154. The highest BCUT2D eigenvalue weighted by Crippen LogP contribution is 2.22. The number of allylic oxidation sites excluding steroid dienone is 2. The Bertz CT molecular complexity index is 786. The molecule has 0 saturated heterocycles. The molecule has 0 fully saturated rings. The topological polar surface area (TPSA) is 142 Å². The molecule has 0 aliphatic carbocycles. The summed E-state index contributed by atoms with van der Waals surface area (Å²) in [6.45, 7) is 19.2. The van der Waals surface area contributed by atoms with Gasteiger partial charge in [0.15, 0.2) is 0 Å². The molecule has 226 valence electrons. The Kier molecular flexibility index (Phi) is 23.6. The van der Waals surface area contributed by atoms with E-state index in [4.69, 9.17) is 4.18 Å². The summed E-state index contributed by atoms with van der Waals surface area (Å²) >= 11 is 0. The summed E-state index contributed by atoms with van der Waals surface area (Å²) in [4.78, 5) is 39.1. The maximum atomic E-state index is 13.3. The molecule has 0 aliphatic heterocycles. The zero-order chi connectivity index (χ0) is 30.6. The monoisotopic (exact) mass is 565 g/mol. The van der Waals surface area contributed by atoms with Gasteiger partial charge in [-0.2, -0.15) is 8.42 Å². The molecule has 38 heavy (non-hydrogen) atoms. The summed E-state index contributed by atoms with van der Waals surface area (Å²) in [5.41, 5.74) is 0. The van der Waals surface area contributed by atoms with E-state index in [1.807, 2.05) is 27.7 Å². The Hall–Kier alpha value is -1.82. The van der Waals surface area contributed by atoms with Gasteiger partial charge in [-0.1, -0.05) is 80.9 Å². The van der Waals surface area contributed by atoms with Gasteiger partial charge in [0, 0.05) is 7.05 Å². The van der Waals surface area contributed by atoms with Gasteiger partial charge in [-0.3, -0.25) is 14.1 Å². The molecule has 10 nitrogen and oxygen atoms in total. The van der Waals surface area contributed by atoms with E-state index in [9.17, 15) is 27.4 Å². The van der Waals surface area contributed by atoms with Crippen LogP contribution in [0.25, 0.3) is 0 Å². The Labute approximate surface area is 232 Å². The summed E-state index contributed by atoms with van der Waals surface area (Å²) in [6, 6.07) is -2.76. The lowest BCUT2D eigenvalue weighted by molar-refractivity contribution is -0.143. The number of carbonyl (C=O) groups is 3. The average Bonchev–Trinajstić information content (AvgIpc) is 2.84. The summed E-state index contributed by atoms with van der Waals surface area (Å²) in [5.74, 6) is -1.51. The van der Waals surface area contributed by atoms with Crippen LogP contribution >= 0.6 is 0 Å². The van der Waals surface area contributed by atoms with Gasteiger partial charge < -0.3 is 20.3 Å². The second kappa shape index (κ2) is 22.0. The molecule has 1 unspecified atom stereocenters. The molecule has 5 atom stereocenters. The SMILES string of the molecule is C/C=C/C[C@@H](C)[C@@H](OS(=O)(=O)O)C(C=O)N(C)C(=O)[C@@H](NC(=O)[C@H](CC(C)C)NC)C(C)C.CC.CCC. The third-order valence-electron chi connectivity index (χ3n) is 5.41. The van der Waals surface area contributed by atoms with Crippen LogP contribution in [0.15, 0.2) is 12.2 Å². The van der Waals surface area contributed by atoms with Crippen molar-refractivity contribution in [2.45, 2.75) is 113 Å². The number of rotatable bonds is 15. The predicted octanol–water partition coefficient (Wildman–Crippen LogP) is 4.02.